The third kappa shape index (κ3) is 2.39. The minimum Gasteiger partial charge on any atom is -0.481 e. The lowest BCUT2D eigenvalue weighted by Gasteiger charge is -2.58. The minimum atomic E-state index is -0.613. The van der Waals surface area contributed by atoms with Gasteiger partial charge in [-0.05, 0) is 98.7 Å². The highest BCUT2D eigenvalue weighted by Crippen LogP contribution is 2.67. The average Bonchev–Trinajstić information content (AvgIpc) is 2.89. The Hall–Kier alpha value is -0.790. The van der Waals surface area contributed by atoms with E-state index < -0.39 is 5.97 Å². The molecule has 1 N–H and O–H groups in total. The molecule has 6 atom stereocenters. The van der Waals surface area contributed by atoms with Crippen molar-refractivity contribution >= 4 is 5.97 Å². The van der Waals surface area contributed by atoms with Crippen molar-refractivity contribution in [1.29, 1.82) is 0 Å². The number of carbonyl (C=O) groups is 1. The van der Waals surface area contributed by atoms with Crippen LogP contribution in [0.5, 0.6) is 0 Å². The summed E-state index contributed by atoms with van der Waals surface area (Å²) >= 11 is 0. The molecule has 0 amide bonds. The summed E-state index contributed by atoms with van der Waals surface area (Å²) in [6.45, 7) is 5.09. The predicted molar refractivity (Wildman–Crippen MR) is 96.7 cm³/mol. The quantitative estimate of drug-likeness (QED) is 0.662. The fourth-order valence-electron chi connectivity index (χ4n) is 7.63. The van der Waals surface area contributed by atoms with Gasteiger partial charge in [-0.3, -0.25) is 4.79 Å². The minimum absolute atomic E-state index is 0.367. The van der Waals surface area contributed by atoms with Crippen LogP contribution in [0, 0.1) is 34.5 Å². The molecule has 4 aliphatic carbocycles. The standard InChI is InChI=1S/C22H34O2/c1-21-13-4-3-5-15(21)6-9-17-18-10-7-16(8-11-20(23)24)22(18,2)14-12-19(17)21/h5,16-19H,3-4,6-14H2,1-2H3,(H,23,24)/t16-,17-,18-,19-,21-,22+/m0/s1. The first-order valence-electron chi connectivity index (χ1n) is 10.4. The largest absolute Gasteiger partial charge is 0.481 e. The Bertz CT molecular complexity index is 550. The van der Waals surface area contributed by atoms with Crippen molar-refractivity contribution in [3.63, 3.8) is 0 Å². The van der Waals surface area contributed by atoms with Crippen molar-refractivity contribution in [3.05, 3.63) is 11.6 Å². The smallest absolute Gasteiger partial charge is 0.303 e. The summed E-state index contributed by atoms with van der Waals surface area (Å²) in [5, 5.41) is 9.10. The predicted octanol–water partition coefficient (Wildman–Crippen LogP) is 5.82. The second kappa shape index (κ2) is 5.88. The van der Waals surface area contributed by atoms with Gasteiger partial charge in [0.05, 0.1) is 0 Å². The summed E-state index contributed by atoms with van der Waals surface area (Å²) in [5.74, 6) is 2.69. The molecule has 0 aromatic heterocycles. The van der Waals surface area contributed by atoms with Crippen molar-refractivity contribution in [2.75, 3.05) is 0 Å². The van der Waals surface area contributed by atoms with Gasteiger partial charge in [0, 0.05) is 6.42 Å². The Morgan fingerprint density at radius 3 is 2.79 bits per heavy atom. The summed E-state index contributed by atoms with van der Waals surface area (Å²) in [6.07, 6.45) is 16.0. The first-order valence-corrected chi connectivity index (χ1v) is 10.4. The van der Waals surface area contributed by atoms with Gasteiger partial charge >= 0.3 is 5.97 Å². The molecule has 2 nitrogen and oxygen atoms in total. The SMILES string of the molecule is C[C@]12CC[C@H]3[C@@H](CCC4=CCCC[C@@]43C)[C@@H]1CC[C@H]2CCC(=O)O. The van der Waals surface area contributed by atoms with Crippen molar-refractivity contribution in [1.82, 2.24) is 0 Å². The van der Waals surface area contributed by atoms with Crippen LogP contribution in [0.3, 0.4) is 0 Å². The maximum absolute atomic E-state index is 11.0. The van der Waals surface area contributed by atoms with Gasteiger partial charge in [-0.25, -0.2) is 0 Å². The van der Waals surface area contributed by atoms with Gasteiger partial charge in [0.1, 0.15) is 0 Å². The summed E-state index contributed by atoms with van der Waals surface area (Å²) in [6, 6.07) is 0. The zero-order chi connectivity index (χ0) is 16.9. The van der Waals surface area contributed by atoms with Gasteiger partial charge in [-0.15, -0.1) is 0 Å². The lowest BCUT2D eigenvalue weighted by Crippen LogP contribution is -2.50. The molecule has 4 rings (SSSR count). The van der Waals surface area contributed by atoms with E-state index in [2.05, 4.69) is 19.9 Å². The highest BCUT2D eigenvalue weighted by molar-refractivity contribution is 5.66. The van der Waals surface area contributed by atoms with E-state index in [4.69, 9.17) is 5.11 Å². The molecule has 0 bridgehead atoms. The fraction of sp³-hybridized carbons (Fsp3) is 0.864. The molecule has 4 aliphatic rings. The van der Waals surface area contributed by atoms with Gasteiger partial charge in [0.15, 0.2) is 0 Å². The third-order valence-corrected chi connectivity index (χ3v) is 8.93. The maximum atomic E-state index is 11.0. The molecule has 0 spiro atoms. The van der Waals surface area contributed by atoms with Gasteiger partial charge in [0.2, 0.25) is 0 Å². The van der Waals surface area contributed by atoms with Crippen LogP contribution >= 0.6 is 0 Å². The van der Waals surface area contributed by atoms with Crippen LogP contribution in [0.15, 0.2) is 11.6 Å². The highest BCUT2D eigenvalue weighted by Gasteiger charge is 2.58. The second-order valence-electron chi connectivity index (χ2n) is 9.71. The van der Waals surface area contributed by atoms with Crippen LogP contribution in [0.1, 0.15) is 84.5 Å². The molecule has 0 radical (unpaired) electrons. The number of carboxylic acids is 1. The Balaban J connectivity index is 1.56. The second-order valence-corrected chi connectivity index (χ2v) is 9.71. The Morgan fingerprint density at radius 1 is 1.17 bits per heavy atom. The maximum Gasteiger partial charge on any atom is 0.303 e. The first-order chi connectivity index (χ1) is 11.4. The third-order valence-electron chi connectivity index (χ3n) is 8.93. The van der Waals surface area contributed by atoms with Gasteiger partial charge in [-0.2, -0.15) is 0 Å². The first kappa shape index (κ1) is 16.7. The van der Waals surface area contributed by atoms with Crippen molar-refractivity contribution < 1.29 is 9.90 Å². The van der Waals surface area contributed by atoms with E-state index in [1.54, 1.807) is 5.57 Å². The van der Waals surface area contributed by atoms with E-state index in [1.165, 1.54) is 57.8 Å². The molecule has 3 saturated carbocycles. The molecule has 0 saturated heterocycles. The number of rotatable bonds is 3. The fourth-order valence-corrected chi connectivity index (χ4v) is 7.63. The Labute approximate surface area is 147 Å². The van der Waals surface area contributed by atoms with Crippen LogP contribution < -0.4 is 0 Å². The topological polar surface area (TPSA) is 37.3 Å². The molecule has 0 heterocycles. The van der Waals surface area contributed by atoms with Gasteiger partial charge in [0.25, 0.3) is 0 Å². The normalized spacial score (nSPS) is 47.3. The molecule has 3 fully saturated rings. The van der Waals surface area contributed by atoms with Crippen molar-refractivity contribution in [3.8, 4) is 0 Å². The van der Waals surface area contributed by atoms with E-state index in [0.29, 0.717) is 23.2 Å². The summed E-state index contributed by atoms with van der Waals surface area (Å²) in [5.41, 5.74) is 2.70. The Morgan fingerprint density at radius 2 is 2.00 bits per heavy atom. The van der Waals surface area contributed by atoms with Crippen LogP contribution in [-0.4, -0.2) is 11.1 Å². The van der Waals surface area contributed by atoms with Crippen LogP contribution in [0.4, 0.5) is 0 Å². The molecule has 0 unspecified atom stereocenters. The summed E-state index contributed by atoms with van der Waals surface area (Å²) in [7, 11) is 0. The molecule has 0 aliphatic heterocycles. The number of carboxylic acid groups (broad SMARTS) is 1. The molecule has 0 aromatic rings. The van der Waals surface area contributed by atoms with E-state index in [1.807, 2.05) is 0 Å². The van der Waals surface area contributed by atoms with E-state index in [0.717, 1.165) is 24.2 Å². The van der Waals surface area contributed by atoms with Gasteiger partial charge < -0.3 is 5.11 Å². The molecule has 134 valence electrons. The summed E-state index contributed by atoms with van der Waals surface area (Å²) in [4.78, 5) is 11.0. The number of fused-ring (bicyclic) bond motifs is 5. The zero-order valence-corrected chi connectivity index (χ0v) is 15.5. The van der Waals surface area contributed by atoms with Crippen LogP contribution in [0.2, 0.25) is 0 Å². The number of allylic oxidation sites excluding steroid dienone is 2. The lowest BCUT2D eigenvalue weighted by atomic mass is 9.47. The Kier molecular flexibility index (Phi) is 4.09. The van der Waals surface area contributed by atoms with Crippen LogP contribution in [-0.2, 0) is 4.79 Å². The molecule has 0 aromatic carbocycles. The van der Waals surface area contributed by atoms with E-state index in [9.17, 15) is 4.79 Å². The average molecular weight is 331 g/mol. The van der Waals surface area contributed by atoms with Crippen molar-refractivity contribution in [2.24, 2.45) is 34.5 Å². The highest BCUT2D eigenvalue weighted by atomic mass is 16.4. The number of hydrogen-bond donors (Lipinski definition) is 1. The molecular formula is C22H34O2. The lowest BCUT2D eigenvalue weighted by molar-refractivity contribution is -0.137. The van der Waals surface area contributed by atoms with Gasteiger partial charge in [-0.1, -0.05) is 25.5 Å². The molecular weight excluding hydrogens is 296 g/mol. The van der Waals surface area contributed by atoms with Crippen LogP contribution in [0.25, 0.3) is 0 Å². The molecule has 2 heteroatoms. The zero-order valence-electron chi connectivity index (χ0n) is 15.5. The number of aliphatic carboxylic acids is 1. The van der Waals surface area contributed by atoms with E-state index >= 15 is 0 Å². The number of hydrogen-bond acceptors (Lipinski definition) is 1. The van der Waals surface area contributed by atoms with E-state index in [-0.39, 0.29) is 0 Å². The monoisotopic (exact) mass is 330 g/mol. The van der Waals surface area contributed by atoms with Crippen molar-refractivity contribution in [2.45, 2.75) is 84.5 Å². The summed E-state index contributed by atoms with van der Waals surface area (Å²) < 4.78 is 0. The molecule has 24 heavy (non-hydrogen) atoms.